The Kier molecular flexibility index (Phi) is 4.33. The normalized spacial score (nSPS) is 10.2. The molecule has 0 heterocycles. The molecule has 0 saturated heterocycles. The van der Waals surface area contributed by atoms with Crippen LogP contribution in [-0.2, 0) is 23.0 Å². The van der Waals surface area contributed by atoms with Crippen molar-refractivity contribution in [1.29, 1.82) is 0 Å². The maximum absolute atomic E-state index is 11.1. The number of halogens is 1. The van der Waals surface area contributed by atoms with Gasteiger partial charge in [0.1, 0.15) is 5.78 Å². The van der Waals surface area contributed by atoms with Gasteiger partial charge in [0.25, 0.3) is 0 Å². The van der Waals surface area contributed by atoms with Gasteiger partial charge in [0.15, 0.2) is 0 Å². The zero-order valence-electron chi connectivity index (χ0n) is 8.64. The Hall–Kier alpha value is -0.630. The number of benzene rings is 1. The van der Waals surface area contributed by atoms with Gasteiger partial charge < -0.3 is 0 Å². The lowest BCUT2D eigenvalue weighted by atomic mass is 9.99. The first kappa shape index (κ1) is 11.4. The first-order valence-corrected chi connectivity index (χ1v) is 5.95. The van der Waals surface area contributed by atoms with Gasteiger partial charge in [-0.25, -0.2) is 0 Å². The fourth-order valence-electron chi connectivity index (χ4n) is 1.54. The molecule has 0 radical (unpaired) electrons. The number of aryl methyl sites for hydroxylation is 1. The van der Waals surface area contributed by atoms with Crippen LogP contribution in [0.3, 0.4) is 0 Å². The molecule has 1 rings (SSSR count). The highest BCUT2D eigenvalue weighted by molar-refractivity contribution is 9.08. The van der Waals surface area contributed by atoms with Gasteiger partial charge in [-0.15, -0.1) is 0 Å². The van der Waals surface area contributed by atoms with Crippen molar-refractivity contribution >= 4 is 21.7 Å². The third kappa shape index (κ3) is 2.95. The fraction of sp³-hybridized carbons (Fsp3) is 0.417. The topological polar surface area (TPSA) is 17.1 Å². The lowest BCUT2D eigenvalue weighted by molar-refractivity contribution is -0.116. The minimum atomic E-state index is 0.228. The van der Waals surface area contributed by atoms with E-state index >= 15 is 0 Å². The molecule has 0 amide bonds. The van der Waals surface area contributed by atoms with E-state index in [9.17, 15) is 4.79 Å². The molecule has 0 bridgehead atoms. The number of carbonyl (C=O) groups excluding carboxylic acids is 1. The number of carbonyl (C=O) groups is 1. The van der Waals surface area contributed by atoms with Gasteiger partial charge in [-0.1, -0.05) is 41.1 Å². The molecule has 0 aliphatic rings. The molecule has 1 aromatic rings. The third-order valence-corrected chi connectivity index (χ3v) is 2.89. The molecule has 0 spiro atoms. The van der Waals surface area contributed by atoms with Crippen LogP contribution in [-0.4, -0.2) is 5.78 Å². The lowest BCUT2D eigenvalue weighted by Gasteiger charge is -2.07. The molecule has 1 nitrogen and oxygen atoms in total. The van der Waals surface area contributed by atoms with Gasteiger partial charge in [-0.05, 0) is 30.0 Å². The summed E-state index contributed by atoms with van der Waals surface area (Å²) >= 11 is 3.42. The van der Waals surface area contributed by atoms with E-state index in [0.29, 0.717) is 6.42 Å². The Labute approximate surface area is 93.7 Å². The number of ketones is 1. The average Bonchev–Trinajstić information content (AvgIpc) is 2.16. The van der Waals surface area contributed by atoms with Crippen molar-refractivity contribution in [3.8, 4) is 0 Å². The Morgan fingerprint density at radius 3 is 2.57 bits per heavy atom. The number of hydrogen-bond donors (Lipinski definition) is 0. The second-order valence-electron chi connectivity index (χ2n) is 3.47. The number of hydrogen-bond acceptors (Lipinski definition) is 1. The second-order valence-corrected chi connectivity index (χ2v) is 4.03. The SMILES string of the molecule is CCc1ccc(CBr)cc1CC(C)=O. The molecule has 76 valence electrons. The summed E-state index contributed by atoms with van der Waals surface area (Å²) in [5.41, 5.74) is 3.69. The van der Waals surface area contributed by atoms with E-state index < -0.39 is 0 Å². The summed E-state index contributed by atoms with van der Waals surface area (Å²) < 4.78 is 0. The van der Waals surface area contributed by atoms with E-state index in [1.165, 1.54) is 16.7 Å². The Bertz CT molecular complexity index is 331. The van der Waals surface area contributed by atoms with Crippen molar-refractivity contribution in [2.45, 2.75) is 32.0 Å². The van der Waals surface area contributed by atoms with Crippen molar-refractivity contribution in [1.82, 2.24) is 0 Å². The minimum Gasteiger partial charge on any atom is -0.300 e. The van der Waals surface area contributed by atoms with Crippen LogP contribution in [0.15, 0.2) is 18.2 Å². The Balaban J connectivity index is 3.01. The minimum absolute atomic E-state index is 0.228. The van der Waals surface area contributed by atoms with Crippen molar-refractivity contribution < 1.29 is 4.79 Å². The standard InChI is InChI=1S/C12H15BrO/c1-3-11-5-4-10(8-13)7-12(11)6-9(2)14/h4-5,7H,3,6,8H2,1-2H3. The van der Waals surface area contributed by atoms with Gasteiger partial charge in [0.05, 0.1) is 0 Å². The van der Waals surface area contributed by atoms with Crippen LogP contribution >= 0.6 is 15.9 Å². The zero-order chi connectivity index (χ0) is 10.6. The molecule has 2 heteroatoms. The molecule has 0 aliphatic heterocycles. The molecule has 0 unspecified atom stereocenters. The van der Waals surface area contributed by atoms with Gasteiger partial charge in [0.2, 0.25) is 0 Å². The quantitative estimate of drug-likeness (QED) is 0.754. The molecule has 0 aliphatic carbocycles. The molecule has 0 aromatic heterocycles. The summed E-state index contributed by atoms with van der Waals surface area (Å²) in [6.45, 7) is 3.76. The lowest BCUT2D eigenvalue weighted by Crippen LogP contribution is -2.01. The van der Waals surface area contributed by atoms with Gasteiger partial charge in [-0.3, -0.25) is 4.79 Å². The number of rotatable bonds is 4. The first-order valence-electron chi connectivity index (χ1n) is 4.83. The van der Waals surface area contributed by atoms with Crippen molar-refractivity contribution in [2.75, 3.05) is 0 Å². The van der Waals surface area contributed by atoms with Crippen molar-refractivity contribution in [3.63, 3.8) is 0 Å². The highest BCUT2D eigenvalue weighted by atomic mass is 79.9. The molecule has 0 atom stereocenters. The highest BCUT2D eigenvalue weighted by Gasteiger charge is 2.04. The molecule has 0 N–H and O–H groups in total. The third-order valence-electron chi connectivity index (χ3n) is 2.25. The maximum Gasteiger partial charge on any atom is 0.134 e. The monoisotopic (exact) mass is 254 g/mol. The van der Waals surface area contributed by atoms with Crippen molar-refractivity contribution in [3.05, 3.63) is 34.9 Å². The largest absolute Gasteiger partial charge is 0.300 e. The summed E-state index contributed by atoms with van der Waals surface area (Å²) in [4.78, 5) is 11.1. The second kappa shape index (κ2) is 5.30. The molecular formula is C12H15BrO. The van der Waals surface area contributed by atoms with E-state index in [-0.39, 0.29) is 5.78 Å². The summed E-state index contributed by atoms with van der Waals surface area (Å²) in [6, 6.07) is 6.35. The van der Waals surface area contributed by atoms with Crippen LogP contribution in [0.1, 0.15) is 30.5 Å². The van der Waals surface area contributed by atoms with Crippen LogP contribution in [0.4, 0.5) is 0 Å². The van der Waals surface area contributed by atoms with Crippen LogP contribution in [0, 0.1) is 0 Å². The van der Waals surface area contributed by atoms with Crippen LogP contribution in [0.25, 0.3) is 0 Å². The summed E-state index contributed by atoms with van der Waals surface area (Å²) in [5, 5.41) is 0.849. The maximum atomic E-state index is 11.1. The smallest absolute Gasteiger partial charge is 0.134 e. The molecule has 1 aromatic carbocycles. The van der Waals surface area contributed by atoms with Gasteiger partial charge >= 0.3 is 0 Å². The number of alkyl halides is 1. The van der Waals surface area contributed by atoms with E-state index in [0.717, 1.165) is 11.8 Å². The molecule has 14 heavy (non-hydrogen) atoms. The summed E-state index contributed by atoms with van der Waals surface area (Å²) in [7, 11) is 0. The van der Waals surface area contributed by atoms with Crippen LogP contribution in [0.5, 0.6) is 0 Å². The van der Waals surface area contributed by atoms with E-state index in [4.69, 9.17) is 0 Å². The number of Topliss-reactive ketones (excluding diaryl/α,β-unsaturated/α-hetero) is 1. The zero-order valence-corrected chi connectivity index (χ0v) is 10.2. The molecule has 0 fully saturated rings. The highest BCUT2D eigenvalue weighted by Crippen LogP contribution is 2.15. The summed E-state index contributed by atoms with van der Waals surface area (Å²) in [6.07, 6.45) is 1.55. The predicted molar refractivity (Wildman–Crippen MR) is 62.8 cm³/mol. The van der Waals surface area contributed by atoms with E-state index in [2.05, 4.69) is 41.1 Å². The summed E-state index contributed by atoms with van der Waals surface area (Å²) in [5.74, 6) is 0.228. The Morgan fingerprint density at radius 2 is 2.07 bits per heavy atom. The predicted octanol–water partition coefficient (Wildman–Crippen LogP) is 3.28. The van der Waals surface area contributed by atoms with E-state index in [1.807, 2.05) is 0 Å². The molecular weight excluding hydrogens is 240 g/mol. The molecule has 0 saturated carbocycles. The van der Waals surface area contributed by atoms with Gasteiger partial charge in [-0.2, -0.15) is 0 Å². The van der Waals surface area contributed by atoms with Crippen LogP contribution < -0.4 is 0 Å². The van der Waals surface area contributed by atoms with Gasteiger partial charge in [0, 0.05) is 11.8 Å². The van der Waals surface area contributed by atoms with E-state index in [1.54, 1.807) is 6.92 Å². The fourth-order valence-corrected chi connectivity index (χ4v) is 1.89. The average molecular weight is 255 g/mol. The van der Waals surface area contributed by atoms with Crippen LogP contribution in [0.2, 0.25) is 0 Å². The Morgan fingerprint density at radius 1 is 1.36 bits per heavy atom. The van der Waals surface area contributed by atoms with Crippen molar-refractivity contribution in [2.24, 2.45) is 0 Å². The first-order chi connectivity index (χ1) is 6.67.